The molecule has 0 aromatic carbocycles. The van der Waals surface area contributed by atoms with Gasteiger partial charge in [0.05, 0.1) is 12.8 Å². The number of methoxy groups -OCH3 is 1. The van der Waals surface area contributed by atoms with E-state index >= 15 is 0 Å². The molecule has 7 nitrogen and oxygen atoms in total. The number of anilines is 1. The SMILES string of the molecule is COC(=O)c1c(C(F)(F)Cl)nc(C(F)(F)F)c(C(=O)O)c1Nn1cccc1. The Morgan fingerprint density at radius 2 is 1.70 bits per heavy atom. The molecule has 2 N–H and O–H groups in total. The maximum absolute atomic E-state index is 13.7. The van der Waals surface area contributed by atoms with E-state index in [1.54, 1.807) is 0 Å². The number of hydrogen-bond acceptors (Lipinski definition) is 5. The predicted molar refractivity (Wildman–Crippen MR) is 80.7 cm³/mol. The van der Waals surface area contributed by atoms with E-state index in [-0.39, 0.29) is 0 Å². The number of nitrogens with zero attached hydrogens (tertiary/aromatic N) is 2. The van der Waals surface area contributed by atoms with Gasteiger partial charge in [-0.1, -0.05) is 0 Å². The van der Waals surface area contributed by atoms with Gasteiger partial charge in [-0.05, 0) is 23.7 Å². The summed E-state index contributed by atoms with van der Waals surface area (Å²) in [5.74, 6) is -3.73. The average Bonchev–Trinajstić information content (AvgIpc) is 3.04. The van der Waals surface area contributed by atoms with Crippen molar-refractivity contribution >= 4 is 29.2 Å². The Bertz CT molecular complexity index is 878. The van der Waals surface area contributed by atoms with E-state index in [1.165, 1.54) is 24.5 Å². The molecule has 0 radical (unpaired) electrons. The number of halogens is 6. The van der Waals surface area contributed by atoms with Crippen molar-refractivity contribution < 1.29 is 41.4 Å². The van der Waals surface area contributed by atoms with Crippen molar-refractivity contribution in [2.24, 2.45) is 0 Å². The number of ether oxygens (including phenoxy) is 1. The summed E-state index contributed by atoms with van der Waals surface area (Å²) in [4.78, 5) is 26.1. The first-order valence-corrected chi connectivity index (χ1v) is 7.19. The highest BCUT2D eigenvalue weighted by Gasteiger charge is 2.46. The van der Waals surface area contributed by atoms with E-state index in [1.807, 2.05) is 0 Å². The summed E-state index contributed by atoms with van der Waals surface area (Å²) >= 11 is 4.82. The van der Waals surface area contributed by atoms with Crippen LogP contribution in [-0.4, -0.2) is 33.8 Å². The fraction of sp³-hybridized carbons (Fsp3) is 0.214. The Morgan fingerprint density at radius 3 is 2.11 bits per heavy atom. The molecule has 0 fully saturated rings. The van der Waals surface area contributed by atoms with Gasteiger partial charge in [-0.2, -0.15) is 22.0 Å². The first kappa shape index (κ1) is 20.4. The number of carbonyl (C=O) groups excluding carboxylic acids is 1. The molecule has 0 saturated carbocycles. The van der Waals surface area contributed by atoms with Crippen LogP contribution in [0.4, 0.5) is 27.6 Å². The third-order valence-electron chi connectivity index (χ3n) is 3.18. The minimum absolute atomic E-state index is 0.760. The number of aromatic carboxylic acids is 1. The zero-order chi connectivity index (χ0) is 20.6. The molecule has 146 valence electrons. The van der Waals surface area contributed by atoms with Gasteiger partial charge in [-0.15, -0.1) is 0 Å². The molecule has 0 atom stereocenters. The molecule has 2 aromatic rings. The van der Waals surface area contributed by atoms with Crippen molar-refractivity contribution in [1.82, 2.24) is 9.66 Å². The molecule has 27 heavy (non-hydrogen) atoms. The van der Waals surface area contributed by atoms with Crippen molar-refractivity contribution in [2.45, 2.75) is 11.6 Å². The Hall–Kier alpha value is -2.89. The molecule has 2 rings (SSSR count). The maximum atomic E-state index is 13.7. The standard InChI is InChI=1S/C14H9ClF5N3O4/c1-27-12(26)7-8(22-23-4-2-3-5-23)6(11(24)25)10(14(18,19)20)21-9(7)13(15,16)17/h2-5H,1H3,(H,21,22)(H,24,25). The zero-order valence-electron chi connectivity index (χ0n) is 13.1. The first-order valence-electron chi connectivity index (χ1n) is 6.82. The molecular weight excluding hydrogens is 405 g/mol. The van der Waals surface area contributed by atoms with Crippen LogP contribution in [-0.2, 0) is 16.3 Å². The van der Waals surface area contributed by atoms with E-state index in [0.717, 1.165) is 11.8 Å². The minimum Gasteiger partial charge on any atom is -0.478 e. The molecule has 0 bridgehead atoms. The Labute approximate surface area is 152 Å². The van der Waals surface area contributed by atoms with Gasteiger partial charge in [0.2, 0.25) is 0 Å². The van der Waals surface area contributed by atoms with Crippen LogP contribution in [0.5, 0.6) is 0 Å². The number of pyridine rings is 1. The molecule has 2 aromatic heterocycles. The van der Waals surface area contributed by atoms with Gasteiger partial charge in [-0.25, -0.2) is 14.6 Å². The van der Waals surface area contributed by atoms with Crippen LogP contribution in [0.2, 0.25) is 0 Å². The van der Waals surface area contributed by atoms with Crippen LogP contribution < -0.4 is 5.43 Å². The van der Waals surface area contributed by atoms with Gasteiger partial charge >= 0.3 is 23.5 Å². The Balaban J connectivity index is 3.00. The van der Waals surface area contributed by atoms with Crippen molar-refractivity contribution in [3.8, 4) is 0 Å². The molecule has 0 saturated heterocycles. The first-order chi connectivity index (χ1) is 12.4. The highest BCUT2D eigenvalue weighted by molar-refractivity contribution is 6.22. The second-order valence-corrected chi connectivity index (χ2v) is 5.40. The van der Waals surface area contributed by atoms with E-state index in [0.29, 0.717) is 0 Å². The lowest BCUT2D eigenvalue weighted by molar-refractivity contribution is -0.142. The maximum Gasteiger partial charge on any atom is 0.434 e. The summed E-state index contributed by atoms with van der Waals surface area (Å²) in [6.45, 7) is 0. The van der Waals surface area contributed by atoms with Gasteiger partial charge < -0.3 is 9.84 Å². The van der Waals surface area contributed by atoms with Gasteiger partial charge in [0.25, 0.3) is 0 Å². The lowest BCUT2D eigenvalue weighted by atomic mass is 10.0. The van der Waals surface area contributed by atoms with Crippen LogP contribution in [0.25, 0.3) is 0 Å². The smallest absolute Gasteiger partial charge is 0.434 e. The third-order valence-corrected chi connectivity index (χ3v) is 3.36. The second-order valence-electron chi connectivity index (χ2n) is 4.93. The van der Waals surface area contributed by atoms with E-state index in [9.17, 15) is 36.6 Å². The number of alkyl halides is 6. The fourth-order valence-corrected chi connectivity index (χ4v) is 2.29. The van der Waals surface area contributed by atoms with E-state index in [2.05, 4.69) is 15.1 Å². The quantitative estimate of drug-likeness (QED) is 0.442. The molecule has 0 aliphatic rings. The van der Waals surface area contributed by atoms with Crippen molar-refractivity contribution in [3.63, 3.8) is 0 Å². The van der Waals surface area contributed by atoms with Gasteiger partial charge in [0.1, 0.15) is 16.8 Å². The highest BCUT2D eigenvalue weighted by Crippen LogP contribution is 2.42. The van der Waals surface area contributed by atoms with Gasteiger partial charge in [0.15, 0.2) is 5.69 Å². The zero-order valence-corrected chi connectivity index (χ0v) is 13.9. The molecule has 0 aliphatic heterocycles. The summed E-state index contributed by atoms with van der Waals surface area (Å²) in [7, 11) is 0.760. The number of rotatable bonds is 5. The summed E-state index contributed by atoms with van der Waals surface area (Å²) in [6.07, 6.45) is -3.00. The number of aromatic nitrogens is 2. The summed E-state index contributed by atoms with van der Waals surface area (Å²) in [5.41, 5.74) is -5.73. The molecule has 0 spiro atoms. The number of hydrogen-bond donors (Lipinski definition) is 2. The third kappa shape index (κ3) is 4.10. The normalized spacial score (nSPS) is 12.0. The number of carboxylic acid groups (broad SMARTS) is 1. The molecule has 0 unspecified atom stereocenters. The Morgan fingerprint density at radius 1 is 1.15 bits per heavy atom. The lowest BCUT2D eigenvalue weighted by Crippen LogP contribution is -2.27. The molecule has 13 heteroatoms. The van der Waals surface area contributed by atoms with Crippen LogP contribution >= 0.6 is 11.6 Å². The fourth-order valence-electron chi connectivity index (χ4n) is 2.15. The van der Waals surface area contributed by atoms with Crippen LogP contribution in [0.15, 0.2) is 24.5 Å². The molecule has 2 heterocycles. The van der Waals surface area contributed by atoms with Crippen LogP contribution in [0.1, 0.15) is 32.1 Å². The average molecular weight is 414 g/mol. The van der Waals surface area contributed by atoms with Crippen molar-refractivity contribution in [1.29, 1.82) is 0 Å². The summed E-state index contributed by atoms with van der Waals surface area (Å²) < 4.78 is 72.5. The number of esters is 1. The topological polar surface area (TPSA) is 93.4 Å². The van der Waals surface area contributed by atoms with E-state index < -0.39 is 51.7 Å². The van der Waals surface area contributed by atoms with Crippen LogP contribution in [0.3, 0.4) is 0 Å². The van der Waals surface area contributed by atoms with Crippen molar-refractivity contribution in [3.05, 3.63) is 47.0 Å². The highest BCUT2D eigenvalue weighted by atomic mass is 35.5. The minimum atomic E-state index is -5.44. The van der Waals surface area contributed by atoms with Gasteiger partial charge in [-0.3, -0.25) is 10.1 Å². The summed E-state index contributed by atoms with van der Waals surface area (Å²) in [5, 5.41) is 4.72. The monoisotopic (exact) mass is 413 g/mol. The molecular formula is C14H9ClF5N3O4. The second kappa shape index (κ2) is 7.02. The predicted octanol–water partition coefficient (Wildman–Crippen LogP) is 3.55. The summed E-state index contributed by atoms with van der Waals surface area (Å²) in [6, 6.07) is 2.79. The largest absolute Gasteiger partial charge is 0.478 e. The van der Waals surface area contributed by atoms with Crippen LogP contribution in [0, 0.1) is 0 Å². The van der Waals surface area contributed by atoms with Gasteiger partial charge in [0, 0.05) is 12.4 Å². The number of nitrogens with one attached hydrogen (secondary N) is 1. The molecule has 0 amide bonds. The number of carbonyl (C=O) groups is 2. The number of carboxylic acids is 1. The van der Waals surface area contributed by atoms with E-state index in [4.69, 9.17) is 11.6 Å². The lowest BCUT2D eigenvalue weighted by Gasteiger charge is -2.22. The van der Waals surface area contributed by atoms with Crippen molar-refractivity contribution in [2.75, 3.05) is 12.5 Å². The Kier molecular flexibility index (Phi) is 5.31. The molecule has 0 aliphatic carbocycles.